The third kappa shape index (κ3) is 6.14. The highest BCUT2D eigenvalue weighted by molar-refractivity contribution is 5.95. The lowest BCUT2D eigenvalue weighted by atomic mass is 10.3. The summed E-state index contributed by atoms with van der Waals surface area (Å²) >= 11 is 0. The summed E-state index contributed by atoms with van der Waals surface area (Å²) in [5, 5.41) is 4.81. The normalized spacial score (nSPS) is 11.2. The van der Waals surface area contributed by atoms with Gasteiger partial charge in [0.15, 0.2) is 0 Å². The van der Waals surface area contributed by atoms with E-state index in [9.17, 15) is 27.6 Å². The molecule has 0 fully saturated rings. The molecule has 0 radical (unpaired) electrons. The third-order valence-corrected chi connectivity index (χ3v) is 3.51. The van der Waals surface area contributed by atoms with Gasteiger partial charge in [0.25, 0.3) is 0 Å². The number of anilines is 1. The summed E-state index contributed by atoms with van der Waals surface area (Å²) in [5.74, 6) is -1.76. The van der Waals surface area contributed by atoms with E-state index in [0.717, 1.165) is 17.0 Å². The standard InChI is InChI=1S/C16H18F3N5O4/c1-3-12(25)20-7-14(27)24(2)8-13(26)23-15-21-10-5-4-9(6-11(10)22-15)28-16(17,18)19/h4-6H,3,7-8H2,1-2H3,(H,20,25)(H2,21,22,23,26). The van der Waals surface area contributed by atoms with Gasteiger partial charge in [-0.15, -0.1) is 13.2 Å². The molecule has 2 aromatic rings. The summed E-state index contributed by atoms with van der Waals surface area (Å²) in [6.45, 7) is 1.10. The first-order chi connectivity index (χ1) is 13.1. The molecule has 0 bridgehead atoms. The molecular formula is C16H18F3N5O4. The van der Waals surface area contributed by atoms with Crippen molar-refractivity contribution < 1.29 is 32.3 Å². The molecular weight excluding hydrogens is 383 g/mol. The van der Waals surface area contributed by atoms with Gasteiger partial charge in [0.2, 0.25) is 23.7 Å². The predicted octanol–water partition coefficient (Wildman–Crippen LogP) is 1.38. The summed E-state index contributed by atoms with van der Waals surface area (Å²) in [5.41, 5.74) is 0.542. The zero-order valence-corrected chi connectivity index (χ0v) is 15.0. The molecule has 0 spiro atoms. The first-order valence-corrected chi connectivity index (χ1v) is 8.13. The van der Waals surface area contributed by atoms with E-state index in [1.807, 2.05) is 0 Å². The number of nitrogens with zero attached hydrogens (tertiary/aromatic N) is 2. The number of amides is 3. The lowest BCUT2D eigenvalue weighted by Gasteiger charge is -2.16. The van der Waals surface area contributed by atoms with E-state index < -0.39 is 23.9 Å². The number of hydrogen-bond donors (Lipinski definition) is 3. The number of fused-ring (bicyclic) bond motifs is 1. The maximum Gasteiger partial charge on any atom is 0.573 e. The molecule has 0 aliphatic heterocycles. The molecule has 3 N–H and O–H groups in total. The largest absolute Gasteiger partial charge is 0.573 e. The molecule has 0 saturated carbocycles. The van der Waals surface area contributed by atoms with Crippen LogP contribution in [0.4, 0.5) is 19.1 Å². The minimum Gasteiger partial charge on any atom is -0.406 e. The number of H-pyrrole nitrogens is 1. The van der Waals surface area contributed by atoms with Gasteiger partial charge in [0.05, 0.1) is 24.1 Å². The minimum absolute atomic E-state index is 0.00398. The van der Waals surface area contributed by atoms with Crippen LogP contribution in [0.2, 0.25) is 0 Å². The second-order valence-electron chi connectivity index (χ2n) is 5.74. The fourth-order valence-corrected chi connectivity index (χ4v) is 2.15. The van der Waals surface area contributed by atoms with Gasteiger partial charge in [-0.2, -0.15) is 0 Å². The number of benzene rings is 1. The molecule has 9 nitrogen and oxygen atoms in total. The first kappa shape index (κ1) is 21.0. The lowest BCUT2D eigenvalue weighted by molar-refractivity contribution is -0.274. The van der Waals surface area contributed by atoms with Gasteiger partial charge in [-0.05, 0) is 12.1 Å². The van der Waals surface area contributed by atoms with Crippen LogP contribution in [0.25, 0.3) is 11.0 Å². The summed E-state index contributed by atoms with van der Waals surface area (Å²) in [4.78, 5) is 42.8. The summed E-state index contributed by atoms with van der Waals surface area (Å²) in [6, 6.07) is 3.49. The van der Waals surface area contributed by atoms with Crippen molar-refractivity contribution in [3.8, 4) is 5.75 Å². The van der Waals surface area contributed by atoms with Gasteiger partial charge < -0.3 is 19.9 Å². The van der Waals surface area contributed by atoms with E-state index in [1.54, 1.807) is 6.92 Å². The van der Waals surface area contributed by atoms with Crippen LogP contribution in [0.3, 0.4) is 0 Å². The van der Waals surface area contributed by atoms with Crippen molar-refractivity contribution in [1.29, 1.82) is 0 Å². The van der Waals surface area contributed by atoms with Gasteiger partial charge in [-0.1, -0.05) is 6.92 Å². The van der Waals surface area contributed by atoms with Crippen molar-refractivity contribution in [1.82, 2.24) is 20.2 Å². The van der Waals surface area contributed by atoms with Crippen LogP contribution in [0.1, 0.15) is 13.3 Å². The monoisotopic (exact) mass is 401 g/mol. The number of likely N-dealkylation sites (N-methyl/N-ethyl adjacent to an activating group) is 1. The highest BCUT2D eigenvalue weighted by Gasteiger charge is 2.31. The van der Waals surface area contributed by atoms with Crippen molar-refractivity contribution in [3.05, 3.63) is 18.2 Å². The zero-order valence-electron chi connectivity index (χ0n) is 15.0. The molecule has 3 amide bonds. The Morgan fingerprint density at radius 2 is 1.96 bits per heavy atom. The molecule has 152 valence electrons. The molecule has 0 aliphatic carbocycles. The van der Waals surface area contributed by atoms with E-state index in [0.29, 0.717) is 5.52 Å². The number of aromatic amines is 1. The van der Waals surface area contributed by atoms with Crippen molar-refractivity contribution in [2.75, 3.05) is 25.5 Å². The zero-order chi connectivity index (χ0) is 20.9. The predicted molar refractivity (Wildman–Crippen MR) is 92.3 cm³/mol. The number of aromatic nitrogens is 2. The van der Waals surface area contributed by atoms with Crippen molar-refractivity contribution in [2.24, 2.45) is 0 Å². The second kappa shape index (κ2) is 8.59. The second-order valence-corrected chi connectivity index (χ2v) is 5.74. The first-order valence-electron chi connectivity index (χ1n) is 8.13. The van der Waals surface area contributed by atoms with Gasteiger partial charge in [0.1, 0.15) is 5.75 Å². The number of carbonyl (C=O) groups is 3. The molecule has 12 heteroatoms. The number of halogens is 3. The number of imidazole rings is 1. The summed E-state index contributed by atoms with van der Waals surface area (Å²) < 4.78 is 40.6. The number of nitrogens with one attached hydrogen (secondary N) is 3. The Balaban J connectivity index is 1.95. The SMILES string of the molecule is CCC(=O)NCC(=O)N(C)CC(=O)Nc1nc2ccc(OC(F)(F)F)cc2[nH]1. The van der Waals surface area contributed by atoms with E-state index in [-0.39, 0.29) is 36.9 Å². The molecule has 1 aromatic heterocycles. The van der Waals surface area contributed by atoms with Crippen LogP contribution < -0.4 is 15.4 Å². The molecule has 2 rings (SSSR count). The highest BCUT2D eigenvalue weighted by Crippen LogP contribution is 2.26. The van der Waals surface area contributed by atoms with Crippen LogP contribution in [-0.4, -0.2) is 59.1 Å². The fraction of sp³-hybridized carbons (Fsp3) is 0.375. The Kier molecular flexibility index (Phi) is 6.44. The number of alkyl halides is 3. The summed E-state index contributed by atoms with van der Waals surface area (Å²) in [7, 11) is 1.39. The maximum absolute atomic E-state index is 12.3. The number of ether oxygens (including phenoxy) is 1. The Bertz CT molecular complexity index is 881. The minimum atomic E-state index is -4.82. The van der Waals surface area contributed by atoms with E-state index >= 15 is 0 Å². The third-order valence-electron chi connectivity index (χ3n) is 3.51. The smallest absolute Gasteiger partial charge is 0.406 e. The van der Waals surface area contributed by atoms with Gasteiger partial charge in [-0.25, -0.2) is 4.98 Å². The topological polar surface area (TPSA) is 116 Å². The molecule has 0 unspecified atom stereocenters. The maximum atomic E-state index is 12.3. The van der Waals surface area contributed by atoms with Crippen molar-refractivity contribution in [2.45, 2.75) is 19.7 Å². The number of rotatable bonds is 7. The summed E-state index contributed by atoms with van der Waals surface area (Å²) in [6.07, 6.45) is -4.59. The van der Waals surface area contributed by atoms with Crippen LogP contribution in [0.5, 0.6) is 5.75 Å². The fourth-order valence-electron chi connectivity index (χ4n) is 2.15. The Morgan fingerprint density at radius 3 is 2.61 bits per heavy atom. The average Bonchev–Trinajstić information content (AvgIpc) is 2.98. The Labute approximate surface area is 157 Å². The molecule has 0 saturated heterocycles. The molecule has 0 atom stereocenters. The molecule has 28 heavy (non-hydrogen) atoms. The Morgan fingerprint density at radius 1 is 1.25 bits per heavy atom. The van der Waals surface area contributed by atoms with E-state index in [2.05, 4.69) is 25.3 Å². The highest BCUT2D eigenvalue weighted by atomic mass is 19.4. The van der Waals surface area contributed by atoms with E-state index in [4.69, 9.17) is 0 Å². The molecule has 0 aliphatic rings. The van der Waals surface area contributed by atoms with Crippen LogP contribution in [-0.2, 0) is 14.4 Å². The Hall–Kier alpha value is -3.31. The average molecular weight is 401 g/mol. The molecule has 1 heterocycles. The van der Waals surface area contributed by atoms with Gasteiger partial charge in [-0.3, -0.25) is 19.7 Å². The van der Waals surface area contributed by atoms with Crippen LogP contribution in [0, 0.1) is 0 Å². The van der Waals surface area contributed by atoms with E-state index in [1.165, 1.54) is 13.1 Å². The van der Waals surface area contributed by atoms with Crippen LogP contribution in [0.15, 0.2) is 18.2 Å². The van der Waals surface area contributed by atoms with Gasteiger partial charge in [0, 0.05) is 19.5 Å². The van der Waals surface area contributed by atoms with Gasteiger partial charge >= 0.3 is 6.36 Å². The quantitative estimate of drug-likeness (QED) is 0.648. The number of carbonyl (C=O) groups excluding carboxylic acids is 3. The van der Waals surface area contributed by atoms with Crippen molar-refractivity contribution in [3.63, 3.8) is 0 Å². The van der Waals surface area contributed by atoms with Crippen molar-refractivity contribution >= 4 is 34.7 Å². The number of hydrogen-bond acceptors (Lipinski definition) is 5. The lowest BCUT2D eigenvalue weighted by Crippen LogP contribution is -2.41. The molecule has 1 aromatic carbocycles. The van der Waals surface area contributed by atoms with Crippen LogP contribution >= 0.6 is 0 Å².